The lowest BCUT2D eigenvalue weighted by Crippen LogP contribution is -2.42. The van der Waals surface area contributed by atoms with Crippen molar-refractivity contribution >= 4 is 17.8 Å². The fraction of sp³-hybridized carbons (Fsp3) is 0.438. The van der Waals surface area contributed by atoms with E-state index < -0.39 is 17.9 Å². The predicted molar refractivity (Wildman–Crippen MR) is 82.2 cm³/mol. The van der Waals surface area contributed by atoms with Crippen molar-refractivity contribution in [3.8, 4) is 0 Å². The van der Waals surface area contributed by atoms with Gasteiger partial charge in [0.1, 0.15) is 6.04 Å². The normalized spacial score (nSPS) is 11.5. The summed E-state index contributed by atoms with van der Waals surface area (Å²) < 4.78 is 0. The topological polar surface area (TPSA) is 95.5 Å². The molecule has 3 N–H and O–H groups in total. The van der Waals surface area contributed by atoms with Gasteiger partial charge in [-0.05, 0) is 12.0 Å². The molecule has 0 saturated heterocycles. The number of amides is 2. The van der Waals surface area contributed by atoms with Crippen LogP contribution in [0.3, 0.4) is 0 Å². The van der Waals surface area contributed by atoms with Crippen LogP contribution in [0.15, 0.2) is 30.3 Å². The number of carbonyl (C=O) groups excluding carboxylic acids is 2. The summed E-state index contributed by atoms with van der Waals surface area (Å²) in [6, 6.07) is 8.09. The van der Waals surface area contributed by atoms with Gasteiger partial charge in [-0.25, -0.2) is 4.79 Å². The Labute approximate surface area is 129 Å². The van der Waals surface area contributed by atoms with Crippen molar-refractivity contribution in [3.05, 3.63) is 35.9 Å². The van der Waals surface area contributed by atoms with Crippen LogP contribution in [0.4, 0.5) is 0 Å². The number of rotatable bonds is 9. The Hall–Kier alpha value is -2.37. The number of carboxylic acids is 1. The predicted octanol–water partition coefficient (Wildman–Crippen LogP) is 1.10. The maximum atomic E-state index is 11.8. The third kappa shape index (κ3) is 6.88. The van der Waals surface area contributed by atoms with E-state index in [2.05, 4.69) is 10.6 Å². The zero-order valence-corrected chi connectivity index (χ0v) is 12.7. The molecule has 0 radical (unpaired) electrons. The zero-order valence-electron chi connectivity index (χ0n) is 12.7. The summed E-state index contributed by atoms with van der Waals surface area (Å²) in [6.45, 7) is 2.51. The Kier molecular flexibility index (Phi) is 7.67. The summed E-state index contributed by atoms with van der Waals surface area (Å²) in [7, 11) is 0. The average molecular weight is 306 g/mol. The molecule has 1 aromatic rings. The first kappa shape index (κ1) is 17.7. The molecule has 0 aliphatic rings. The molecular weight excluding hydrogens is 284 g/mol. The van der Waals surface area contributed by atoms with Crippen molar-refractivity contribution in [2.24, 2.45) is 0 Å². The van der Waals surface area contributed by atoms with Gasteiger partial charge in [-0.2, -0.15) is 0 Å². The molecule has 1 rings (SSSR count). The fourth-order valence-corrected chi connectivity index (χ4v) is 1.90. The van der Waals surface area contributed by atoms with E-state index >= 15 is 0 Å². The molecule has 0 unspecified atom stereocenters. The van der Waals surface area contributed by atoms with Gasteiger partial charge in [0.25, 0.3) is 0 Å². The number of hydrogen-bond acceptors (Lipinski definition) is 3. The van der Waals surface area contributed by atoms with E-state index in [1.807, 2.05) is 25.1 Å². The molecule has 6 nitrogen and oxygen atoms in total. The van der Waals surface area contributed by atoms with Crippen LogP contribution in [0.2, 0.25) is 0 Å². The van der Waals surface area contributed by atoms with Crippen molar-refractivity contribution in [1.29, 1.82) is 0 Å². The van der Waals surface area contributed by atoms with Gasteiger partial charge < -0.3 is 15.7 Å². The van der Waals surface area contributed by atoms with E-state index in [-0.39, 0.29) is 25.2 Å². The van der Waals surface area contributed by atoms with Crippen LogP contribution in [0, 0.1) is 0 Å². The first-order chi connectivity index (χ1) is 10.5. The van der Waals surface area contributed by atoms with E-state index in [0.29, 0.717) is 6.54 Å². The number of carbonyl (C=O) groups is 3. The van der Waals surface area contributed by atoms with E-state index in [9.17, 15) is 19.5 Å². The highest BCUT2D eigenvalue weighted by Gasteiger charge is 2.20. The molecule has 0 aromatic heterocycles. The summed E-state index contributed by atoms with van der Waals surface area (Å²) in [6.07, 6.45) is 1.08. The van der Waals surface area contributed by atoms with Crippen LogP contribution in [0.1, 0.15) is 31.7 Å². The molecule has 0 spiro atoms. The van der Waals surface area contributed by atoms with Crippen molar-refractivity contribution in [1.82, 2.24) is 10.6 Å². The Bertz CT molecular complexity index is 502. The van der Waals surface area contributed by atoms with E-state index in [0.717, 1.165) is 12.0 Å². The van der Waals surface area contributed by atoms with Crippen LogP contribution in [-0.2, 0) is 20.8 Å². The number of nitrogens with one attached hydrogen (secondary N) is 2. The molecule has 0 heterocycles. The van der Waals surface area contributed by atoms with Crippen LogP contribution in [0.25, 0.3) is 0 Å². The number of aliphatic carboxylic acids is 1. The SMILES string of the molecule is CCCNC(=O)CCC(=O)N[C@@H](Cc1ccccc1)C(=O)O. The van der Waals surface area contributed by atoms with Gasteiger partial charge in [0.15, 0.2) is 0 Å². The zero-order chi connectivity index (χ0) is 16.4. The third-order valence-corrected chi connectivity index (χ3v) is 3.07. The minimum atomic E-state index is -1.09. The second-order valence-corrected chi connectivity index (χ2v) is 5.00. The van der Waals surface area contributed by atoms with Crippen LogP contribution in [0.5, 0.6) is 0 Å². The molecule has 22 heavy (non-hydrogen) atoms. The molecule has 0 fully saturated rings. The lowest BCUT2D eigenvalue weighted by atomic mass is 10.1. The molecule has 2 amide bonds. The standard InChI is InChI=1S/C16H22N2O4/c1-2-10-17-14(19)8-9-15(20)18-13(16(21)22)11-12-6-4-3-5-7-12/h3-7,13H,2,8-11H2,1H3,(H,17,19)(H,18,20)(H,21,22)/t13-/m0/s1. The molecule has 0 saturated carbocycles. The number of carboxylic acid groups (broad SMARTS) is 1. The molecule has 0 aliphatic heterocycles. The van der Waals surface area contributed by atoms with Crippen molar-refractivity contribution in [2.45, 2.75) is 38.6 Å². The molecule has 0 aliphatic carbocycles. The Morgan fingerprint density at radius 2 is 1.73 bits per heavy atom. The fourth-order valence-electron chi connectivity index (χ4n) is 1.90. The third-order valence-electron chi connectivity index (χ3n) is 3.07. The van der Waals surface area contributed by atoms with Crippen LogP contribution >= 0.6 is 0 Å². The molecular formula is C16H22N2O4. The summed E-state index contributed by atoms with van der Waals surface area (Å²) in [5.41, 5.74) is 0.830. The minimum Gasteiger partial charge on any atom is -0.480 e. The van der Waals surface area contributed by atoms with Gasteiger partial charge in [-0.3, -0.25) is 9.59 Å². The van der Waals surface area contributed by atoms with Crippen molar-refractivity contribution in [2.75, 3.05) is 6.54 Å². The van der Waals surface area contributed by atoms with Gasteiger partial charge in [-0.15, -0.1) is 0 Å². The minimum absolute atomic E-state index is 0.0197. The second kappa shape index (κ2) is 9.55. The highest BCUT2D eigenvalue weighted by molar-refractivity contribution is 5.87. The molecule has 120 valence electrons. The molecule has 0 bridgehead atoms. The summed E-state index contributed by atoms with van der Waals surface area (Å²) in [5.74, 6) is -1.73. The van der Waals surface area contributed by atoms with Crippen molar-refractivity contribution in [3.63, 3.8) is 0 Å². The largest absolute Gasteiger partial charge is 0.480 e. The highest BCUT2D eigenvalue weighted by atomic mass is 16.4. The highest BCUT2D eigenvalue weighted by Crippen LogP contribution is 2.04. The van der Waals surface area contributed by atoms with Crippen LogP contribution in [-0.4, -0.2) is 35.5 Å². The lowest BCUT2D eigenvalue weighted by Gasteiger charge is -2.14. The van der Waals surface area contributed by atoms with E-state index in [4.69, 9.17) is 0 Å². The van der Waals surface area contributed by atoms with Gasteiger partial charge >= 0.3 is 5.97 Å². The second-order valence-electron chi connectivity index (χ2n) is 5.00. The van der Waals surface area contributed by atoms with Gasteiger partial charge in [0.2, 0.25) is 11.8 Å². The summed E-state index contributed by atoms with van der Waals surface area (Å²) in [4.78, 5) is 34.4. The van der Waals surface area contributed by atoms with Crippen molar-refractivity contribution < 1.29 is 19.5 Å². The lowest BCUT2D eigenvalue weighted by molar-refractivity contribution is -0.141. The number of hydrogen-bond donors (Lipinski definition) is 3. The summed E-state index contributed by atoms with van der Waals surface area (Å²) >= 11 is 0. The summed E-state index contributed by atoms with van der Waals surface area (Å²) in [5, 5.41) is 14.3. The first-order valence-electron chi connectivity index (χ1n) is 7.35. The monoisotopic (exact) mass is 306 g/mol. The average Bonchev–Trinajstić information content (AvgIpc) is 2.51. The van der Waals surface area contributed by atoms with Gasteiger partial charge in [0.05, 0.1) is 0 Å². The van der Waals surface area contributed by atoms with E-state index in [1.165, 1.54) is 0 Å². The van der Waals surface area contributed by atoms with Gasteiger partial charge in [-0.1, -0.05) is 37.3 Å². The Balaban J connectivity index is 2.44. The molecule has 1 atom stereocenters. The maximum Gasteiger partial charge on any atom is 0.326 e. The Morgan fingerprint density at radius 1 is 1.09 bits per heavy atom. The maximum absolute atomic E-state index is 11.8. The quantitative estimate of drug-likeness (QED) is 0.637. The van der Waals surface area contributed by atoms with Crippen LogP contribution < -0.4 is 10.6 Å². The molecule has 6 heteroatoms. The smallest absolute Gasteiger partial charge is 0.326 e. The number of benzene rings is 1. The van der Waals surface area contributed by atoms with E-state index in [1.54, 1.807) is 12.1 Å². The molecule has 1 aromatic carbocycles. The first-order valence-corrected chi connectivity index (χ1v) is 7.35. The van der Waals surface area contributed by atoms with Gasteiger partial charge in [0, 0.05) is 25.8 Å². The Morgan fingerprint density at radius 3 is 2.32 bits per heavy atom.